The minimum absolute atomic E-state index is 0.0141. The molecule has 9 rings (SSSR count). The lowest BCUT2D eigenvalue weighted by molar-refractivity contribution is -0.385. The Labute approximate surface area is 632 Å². The van der Waals surface area contributed by atoms with E-state index in [-0.39, 0.29) is 94.1 Å². The molecule has 0 fully saturated rings. The maximum absolute atomic E-state index is 11.9. The number of halogens is 1. The quantitative estimate of drug-likeness (QED) is 0.00879. The number of nitrogens with zero attached hydrogens (tertiary/aromatic N) is 9. The molecule has 35 heteroatoms. The number of hydrogen-bond donors (Lipinski definition) is 7. The summed E-state index contributed by atoms with van der Waals surface area (Å²) in [5.41, 5.74) is 21.5. The van der Waals surface area contributed by atoms with Gasteiger partial charge < -0.3 is 70.3 Å². The zero-order valence-corrected chi connectivity index (χ0v) is 65.8. The molecule has 2 aromatic heterocycles. The lowest BCUT2D eigenvalue weighted by atomic mass is 9.96. The van der Waals surface area contributed by atoms with Crippen molar-refractivity contribution in [1.82, 2.24) is 19.9 Å². The molecule has 0 spiro atoms. The third-order valence-electron chi connectivity index (χ3n) is 17.0. The van der Waals surface area contributed by atoms with Gasteiger partial charge in [-0.25, -0.2) is 30.0 Å². The number of aliphatic imine (C=N–C) groups is 6. The van der Waals surface area contributed by atoms with E-state index in [4.69, 9.17) is 70.3 Å². The van der Waals surface area contributed by atoms with Crippen LogP contribution in [-0.4, -0.2) is 165 Å². The first-order valence-electron chi connectivity index (χ1n) is 35.6. The molecule has 0 saturated carbocycles. The molecular formula is C73H101BrN16O18. The Morgan fingerprint density at radius 3 is 1.33 bits per heavy atom. The zero-order chi connectivity index (χ0) is 80.5. The van der Waals surface area contributed by atoms with Crippen LogP contribution in [0.15, 0.2) is 91.6 Å². The van der Waals surface area contributed by atoms with E-state index in [0.29, 0.717) is 116 Å². The van der Waals surface area contributed by atoms with Gasteiger partial charge in [0.1, 0.15) is 54.2 Å². The predicted molar refractivity (Wildman–Crippen MR) is 422 cm³/mol. The van der Waals surface area contributed by atoms with Crippen LogP contribution in [0.5, 0.6) is 0 Å². The number of aromatic nitrogens is 4. The molecule has 0 bridgehead atoms. The van der Waals surface area contributed by atoms with Crippen LogP contribution in [0.2, 0.25) is 0 Å². The smallest absolute Gasteiger partial charge is 0.323 e. The molecular weight excluding hydrogens is 1470 g/mol. The van der Waals surface area contributed by atoms with Crippen LogP contribution < -0.4 is 39.4 Å². The molecule has 0 aliphatic carbocycles. The Morgan fingerprint density at radius 2 is 0.889 bits per heavy atom. The monoisotopic (exact) mass is 1570 g/mol. The molecule has 588 valence electrons. The van der Waals surface area contributed by atoms with Crippen molar-refractivity contribution >= 4 is 108 Å². The lowest BCUT2D eigenvalue weighted by Crippen LogP contribution is -2.39. The van der Waals surface area contributed by atoms with Crippen LogP contribution in [0, 0.1) is 75.8 Å². The largest absolute Gasteiger partial charge is 0.480 e. The van der Waals surface area contributed by atoms with Crippen molar-refractivity contribution in [2.75, 3.05) is 64.3 Å². The van der Waals surface area contributed by atoms with Gasteiger partial charge in [-0.3, -0.25) is 54.3 Å². The van der Waals surface area contributed by atoms with Crippen LogP contribution in [0.1, 0.15) is 135 Å². The number of anilines is 2. The third-order valence-corrected chi connectivity index (χ3v) is 17.6. The number of ether oxygens (including phenoxy) is 7. The molecule has 108 heavy (non-hydrogen) atoms. The number of alkyl halides is 1. The Bertz CT molecular complexity index is 4630. The number of fused-ring (bicyclic) bond motifs is 2. The van der Waals surface area contributed by atoms with Gasteiger partial charge in [-0.05, 0) is 139 Å². The van der Waals surface area contributed by atoms with Crippen LogP contribution in [-0.2, 0) is 62.5 Å². The van der Waals surface area contributed by atoms with Gasteiger partial charge in [0, 0.05) is 48.4 Å². The summed E-state index contributed by atoms with van der Waals surface area (Å²) in [4.78, 5) is 128. The number of H-pyrrole nitrogens is 4. The average Bonchev–Trinajstić information content (AvgIpc) is 0.783. The number of carbonyl (C=O) groups excluding carboxylic acids is 1. The Kier molecular flexibility index (Phi) is 33.7. The molecule has 3 aliphatic rings. The summed E-state index contributed by atoms with van der Waals surface area (Å²) in [6, 6.07) is 8.88. The summed E-state index contributed by atoms with van der Waals surface area (Å²) < 4.78 is 38.7. The maximum Gasteiger partial charge on any atom is 0.323 e. The number of rotatable bonds is 21. The first kappa shape index (κ1) is 87.9. The molecule has 10 N–H and O–H groups in total. The van der Waals surface area contributed by atoms with Crippen LogP contribution >= 0.6 is 15.9 Å². The first-order chi connectivity index (χ1) is 51.2. The topological polar surface area (TPSA) is 495 Å². The number of nitrogens with two attached hydrogens (primary N) is 3. The second-order valence-electron chi connectivity index (χ2n) is 25.7. The van der Waals surface area contributed by atoms with Crippen molar-refractivity contribution < 1.29 is 52.7 Å². The number of nitro benzene ring substituents is 3. The van der Waals surface area contributed by atoms with Crippen molar-refractivity contribution in [1.29, 1.82) is 0 Å². The highest BCUT2D eigenvalue weighted by Crippen LogP contribution is 2.33. The van der Waals surface area contributed by atoms with E-state index in [1.165, 1.54) is 19.1 Å². The first-order valence-corrected chi connectivity index (χ1v) is 36.7. The van der Waals surface area contributed by atoms with Gasteiger partial charge in [0.15, 0.2) is 0 Å². The number of esters is 1. The molecule has 0 radical (unpaired) electrons. The van der Waals surface area contributed by atoms with Gasteiger partial charge in [-0.2, -0.15) is 0 Å². The fraction of sp³-hybridized carbons (Fsp3) is 0.521. The molecule has 34 nitrogen and oxygen atoms in total. The van der Waals surface area contributed by atoms with Crippen molar-refractivity contribution in [3.63, 3.8) is 0 Å². The maximum atomic E-state index is 11.9. The number of aryl methyl sites for hydroxylation is 3. The molecule has 0 amide bonds. The van der Waals surface area contributed by atoms with E-state index in [1.807, 2.05) is 68.4 Å². The number of nitrogens with one attached hydrogen (secondary N) is 4. The Morgan fingerprint density at radius 1 is 0.500 bits per heavy atom. The van der Waals surface area contributed by atoms with Gasteiger partial charge in [0.2, 0.25) is 35.4 Å². The second-order valence-corrected chi connectivity index (χ2v) is 26.3. The molecule has 5 heterocycles. The summed E-state index contributed by atoms with van der Waals surface area (Å²) in [5, 5.41) is 33.5. The van der Waals surface area contributed by atoms with Crippen molar-refractivity contribution in [3.8, 4) is 0 Å². The third kappa shape index (κ3) is 22.9. The highest BCUT2D eigenvalue weighted by molar-refractivity contribution is 9.08. The molecule has 2 unspecified atom stereocenters. The molecule has 6 aromatic rings. The minimum Gasteiger partial charge on any atom is -0.480 e. The number of benzene rings is 4. The molecule has 3 aliphatic heterocycles. The van der Waals surface area contributed by atoms with E-state index < -0.39 is 55.1 Å². The summed E-state index contributed by atoms with van der Waals surface area (Å²) >= 11 is 3.24. The van der Waals surface area contributed by atoms with Crippen LogP contribution in [0.25, 0.3) is 22.1 Å². The van der Waals surface area contributed by atoms with Gasteiger partial charge >= 0.3 is 28.2 Å². The van der Waals surface area contributed by atoms with Crippen molar-refractivity contribution in [3.05, 3.63) is 159 Å². The van der Waals surface area contributed by atoms with Crippen molar-refractivity contribution in [2.24, 2.45) is 53.4 Å². The fourth-order valence-electron chi connectivity index (χ4n) is 11.5. The molecule has 0 saturated heterocycles. The highest BCUT2D eigenvalue weighted by Gasteiger charge is 2.35. The standard InChI is InChI=1S/C21H28N4O4.C19H28N4O4.C14H16N4O6.C11H20N2O2.C8H9BrN2O2/c1-6-28-20-15(23-21(29-7-2)16(25-20)11(3)4)10-13-12(5)8-9-14-17(13)24-19(27)18(26)22-14;1-6-26-18-14(21-19(27-7-2)17(22-18)11(3)4)10-13-12(5)8-9-15(16(13)20)23(24)25;1-3-24-14(21)8(15)4-7-6(2)10(18(22)23)5-9-11(7)17-13(20)12(19)16-9;1-5-14-9-7-12-11(15-6-2)10(13-9)8(3)4;1-5-2-3-7(11(12)13)8(10)6(5)4-9/h8-9,11,15-16H,6-7,10H2,1-5H3,(H,22,26)(H,24,27);8-9,11,14,17H,6-7,10,20H2,1-5H3;5,8H,3-4,15H2,1-2H3,(H,16,19)(H,17,20);8,10H,5-7H2,1-4H3;2-3H,4,10H2,1H3/t15?,16-;14?,17-;8-;10-;/m1110./s1. The lowest BCUT2D eigenvalue weighted by Gasteiger charge is -2.28. The Balaban J connectivity index is 0.000000249. The van der Waals surface area contributed by atoms with Crippen LogP contribution in [0.4, 0.5) is 28.4 Å². The van der Waals surface area contributed by atoms with Crippen molar-refractivity contribution in [2.45, 2.75) is 179 Å². The molecule has 4 aromatic carbocycles. The number of carbonyl (C=O) groups is 1. The highest BCUT2D eigenvalue weighted by atomic mass is 79.9. The number of nitrogen functional groups attached to an aromatic ring is 2. The van der Waals surface area contributed by atoms with E-state index in [1.54, 1.807) is 25.1 Å². The Hall–Kier alpha value is -10.7. The summed E-state index contributed by atoms with van der Waals surface area (Å²) in [6.07, 6.45) is 0.732. The number of hydrogen-bond acceptors (Lipinski definition) is 27. The van der Waals surface area contributed by atoms with Gasteiger partial charge in [-0.15, -0.1) is 0 Å². The number of nitro groups is 3. The predicted octanol–water partition coefficient (Wildman–Crippen LogP) is 9.79. The van der Waals surface area contributed by atoms with E-state index in [0.717, 1.165) is 45.7 Å². The van der Waals surface area contributed by atoms with E-state index >= 15 is 0 Å². The van der Waals surface area contributed by atoms with Crippen LogP contribution in [0.3, 0.4) is 0 Å². The second kappa shape index (κ2) is 41.4. The van der Waals surface area contributed by atoms with Gasteiger partial charge in [0.25, 0.3) is 17.1 Å². The summed E-state index contributed by atoms with van der Waals surface area (Å²) in [7, 11) is 0. The van der Waals surface area contributed by atoms with E-state index in [9.17, 15) is 54.3 Å². The van der Waals surface area contributed by atoms with Gasteiger partial charge in [-0.1, -0.05) is 75.7 Å². The fourth-order valence-corrected chi connectivity index (χ4v) is 12.3. The van der Waals surface area contributed by atoms with Gasteiger partial charge in [0.05, 0.1) is 83.1 Å². The SMILES string of the molecule is CCOC(=O)[C@H](N)Cc1c(C)c([N+](=O)[O-])cc2[nH]c(=O)c(=O)[nH]c12.CCOC1=N[C@@H](C(C)C)C(OCC)=NC1.CCOC1=N[C@H](C(C)C)C(OCC)=NC1Cc1c(C)ccc([N+](=O)[O-])c1N.CCOC1=N[C@H](C(C)C)C(OCC)=NC1Cc1c(C)ccc2[nH]c(=O)c(=O)[nH]c12.Cc1ccc([N+](=O)[O-])c(N)c1CBr. The summed E-state index contributed by atoms with van der Waals surface area (Å²) in [5.74, 6) is 3.87. The zero-order valence-electron chi connectivity index (χ0n) is 64.2. The summed E-state index contributed by atoms with van der Waals surface area (Å²) in [6.45, 7) is 36.7. The number of aromatic amines is 4. The normalized spacial score (nSPS) is 16.9. The van der Waals surface area contributed by atoms with E-state index in [2.05, 4.69) is 87.4 Å². The minimum atomic E-state index is -1.07. The molecule has 6 atom stereocenters. The average molecular weight is 1570 g/mol.